The number of para-hydroxylation sites is 1. The van der Waals surface area contributed by atoms with Gasteiger partial charge in [-0.25, -0.2) is 0 Å². The Hall–Kier alpha value is -1.81. The average molecular weight is 286 g/mol. The molecule has 21 heavy (non-hydrogen) atoms. The molecule has 1 aromatic carbocycles. The molecule has 1 unspecified atom stereocenters. The molecule has 3 rings (SSSR count). The lowest BCUT2D eigenvalue weighted by Gasteiger charge is -2.09. The Morgan fingerprint density at radius 1 is 1.38 bits per heavy atom. The summed E-state index contributed by atoms with van der Waals surface area (Å²) in [5.41, 5.74) is 2.34. The molecule has 4 nitrogen and oxygen atoms in total. The van der Waals surface area contributed by atoms with E-state index in [9.17, 15) is 4.79 Å². The molecule has 1 aliphatic rings. The largest absolute Gasteiger partial charge is 0.378 e. The highest BCUT2D eigenvalue weighted by molar-refractivity contribution is 5.84. The van der Waals surface area contributed by atoms with E-state index >= 15 is 0 Å². The van der Waals surface area contributed by atoms with Crippen molar-refractivity contribution >= 4 is 16.8 Å². The van der Waals surface area contributed by atoms with Crippen molar-refractivity contribution in [2.24, 2.45) is 0 Å². The van der Waals surface area contributed by atoms with Gasteiger partial charge in [0.2, 0.25) is 5.91 Å². The van der Waals surface area contributed by atoms with Crippen LogP contribution in [0, 0.1) is 0 Å². The number of hydrogen-bond acceptors (Lipinski definition) is 2. The maximum atomic E-state index is 11.9. The molecule has 0 radical (unpaired) electrons. The summed E-state index contributed by atoms with van der Waals surface area (Å²) in [6.07, 6.45) is 6.87. The number of benzene rings is 1. The minimum atomic E-state index is 0.123. The normalized spacial score (nSPS) is 18.2. The molecule has 1 fully saturated rings. The van der Waals surface area contributed by atoms with Crippen LogP contribution < -0.4 is 5.32 Å². The van der Waals surface area contributed by atoms with Crippen LogP contribution in [0.5, 0.6) is 0 Å². The van der Waals surface area contributed by atoms with Crippen LogP contribution in [0.25, 0.3) is 10.9 Å². The maximum Gasteiger partial charge on any atom is 0.220 e. The molecule has 2 N–H and O–H groups in total. The zero-order chi connectivity index (χ0) is 14.5. The lowest BCUT2D eigenvalue weighted by atomic mass is 10.1. The van der Waals surface area contributed by atoms with Gasteiger partial charge in [-0.15, -0.1) is 0 Å². The standard InChI is InChI=1S/C17H22N2O2/c20-17(18-10-9-14-4-3-11-21-14)8-7-13-12-19-16-6-2-1-5-15(13)16/h1-2,5-6,12,14,19H,3-4,7-11H2,(H,18,20). The number of amides is 1. The Labute approximate surface area is 124 Å². The Balaban J connectivity index is 1.43. The quantitative estimate of drug-likeness (QED) is 0.858. The van der Waals surface area contributed by atoms with Crippen LogP contribution >= 0.6 is 0 Å². The topological polar surface area (TPSA) is 54.1 Å². The van der Waals surface area contributed by atoms with Crippen LogP contribution in [0.4, 0.5) is 0 Å². The number of carbonyl (C=O) groups excluding carboxylic acids is 1. The summed E-state index contributed by atoms with van der Waals surface area (Å²) in [5, 5.41) is 4.20. The van der Waals surface area contributed by atoms with Gasteiger partial charge in [0.1, 0.15) is 0 Å². The molecule has 1 saturated heterocycles. The zero-order valence-corrected chi connectivity index (χ0v) is 12.2. The molecule has 2 aromatic rings. The van der Waals surface area contributed by atoms with E-state index in [1.54, 1.807) is 0 Å². The SMILES string of the molecule is O=C(CCc1c[nH]c2ccccc12)NCCC1CCCO1. The maximum absolute atomic E-state index is 11.9. The first-order chi connectivity index (χ1) is 10.3. The van der Waals surface area contributed by atoms with Gasteiger partial charge in [-0.1, -0.05) is 18.2 Å². The number of ether oxygens (including phenoxy) is 1. The van der Waals surface area contributed by atoms with Gasteiger partial charge in [0, 0.05) is 36.7 Å². The number of nitrogens with one attached hydrogen (secondary N) is 2. The predicted molar refractivity (Wildman–Crippen MR) is 83.2 cm³/mol. The van der Waals surface area contributed by atoms with Crippen LogP contribution in [0.2, 0.25) is 0 Å². The number of aromatic amines is 1. The average Bonchev–Trinajstić information content (AvgIpc) is 3.14. The first kappa shape index (κ1) is 14.1. The van der Waals surface area contributed by atoms with E-state index in [0.29, 0.717) is 12.5 Å². The third-order valence-corrected chi connectivity index (χ3v) is 4.11. The number of aryl methyl sites for hydroxylation is 1. The molecule has 1 amide bonds. The highest BCUT2D eigenvalue weighted by atomic mass is 16.5. The van der Waals surface area contributed by atoms with Gasteiger partial charge in [0.15, 0.2) is 0 Å². The second-order valence-corrected chi connectivity index (χ2v) is 5.63. The van der Waals surface area contributed by atoms with Gasteiger partial charge in [0.25, 0.3) is 0 Å². The van der Waals surface area contributed by atoms with E-state index in [1.807, 2.05) is 18.3 Å². The number of carbonyl (C=O) groups is 1. The summed E-state index contributed by atoms with van der Waals surface area (Å²) >= 11 is 0. The van der Waals surface area contributed by atoms with Crippen molar-refractivity contribution in [3.05, 3.63) is 36.0 Å². The van der Waals surface area contributed by atoms with Crippen molar-refractivity contribution < 1.29 is 9.53 Å². The van der Waals surface area contributed by atoms with Gasteiger partial charge >= 0.3 is 0 Å². The van der Waals surface area contributed by atoms with E-state index < -0.39 is 0 Å². The minimum Gasteiger partial charge on any atom is -0.378 e. The fourth-order valence-corrected chi connectivity index (χ4v) is 2.92. The summed E-state index contributed by atoms with van der Waals surface area (Å²) in [6.45, 7) is 1.59. The third-order valence-electron chi connectivity index (χ3n) is 4.11. The van der Waals surface area contributed by atoms with Gasteiger partial charge in [-0.2, -0.15) is 0 Å². The predicted octanol–water partition coefficient (Wildman–Crippen LogP) is 2.79. The van der Waals surface area contributed by atoms with Crippen molar-refractivity contribution in [2.75, 3.05) is 13.2 Å². The lowest BCUT2D eigenvalue weighted by molar-refractivity contribution is -0.121. The van der Waals surface area contributed by atoms with Crippen molar-refractivity contribution in [1.82, 2.24) is 10.3 Å². The Kier molecular flexibility index (Phi) is 4.55. The number of H-pyrrole nitrogens is 1. The van der Waals surface area contributed by atoms with Crippen LogP contribution in [0.15, 0.2) is 30.5 Å². The molecule has 1 atom stereocenters. The second-order valence-electron chi connectivity index (χ2n) is 5.63. The third kappa shape index (κ3) is 3.64. The molecule has 0 aliphatic carbocycles. The second kappa shape index (κ2) is 6.76. The van der Waals surface area contributed by atoms with Crippen LogP contribution in [0.1, 0.15) is 31.2 Å². The Morgan fingerprint density at radius 3 is 3.14 bits per heavy atom. The van der Waals surface area contributed by atoms with E-state index in [1.165, 1.54) is 10.9 Å². The van der Waals surface area contributed by atoms with Crippen molar-refractivity contribution in [1.29, 1.82) is 0 Å². The fraction of sp³-hybridized carbons (Fsp3) is 0.471. The lowest BCUT2D eigenvalue weighted by Crippen LogP contribution is -2.27. The zero-order valence-electron chi connectivity index (χ0n) is 12.2. The number of fused-ring (bicyclic) bond motifs is 1. The molecule has 4 heteroatoms. The summed E-state index contributed by atoms with van der Waals surface area (Å²) in [6, 6.07) is 8.19. The fourth-order valence-electron chi connectivity index (χ4n) is 2.92. The van der Waals surface area contributed by atoms with E-state index in [4.69, 9.17) is 4.74 Å². The summed E-state index contributed by atoms with van der Waals surface area (Å²) < 4.78 is 5.55. The molecular formula is C17H22N2O2. The summed E-state index contributed by atoms with van der Waals surface area (Å²) in [4.78, 5) is 15.1. The molecule has 1 aliphatic heterocycles. The number of hydrogen-bond donors (Lipinski definition) is 2. The van der Waals surface area contributed by atoms with Crippen molar-refractivity contribution in [3.63, 3.8) is 0 Å². The van der Waals surface area contributed by atoms with Gasteiger partial charge in [-0.3, -0.25) is 4.79 Å². The highest BCUT2D eigenvalue weighted by Gasteiger charge is 2.15. The smallest absolute Gasteiger partial charge is 0.220 e. The summed E-state index contributed by atoms with van der Waals surface area (Å²) in [5.74, 6) is 0.123. The first-order valence-electron chi connectivity index (χ1n) is 7.76. The van der Waals surface area contributed by atoms with Gasteiger partial charge < -0.3 is 15.0 Å². The van der Waals surface area contributed by atoms with Gasteiger partial charge in [0.05, 0.1) is 6.10 Å². The van der Waals surface area contributed by atoms with Gasteiger partial charge in [-0.05, 0) is 37.3 Å². The Morgan fingerprint density at radius 2 is 2.29 bits per heavy atom. The molecule has 112 valence electrons. The van der Waals surface area contributed by atoms with Crippen LogP contribution in [-0.2, 0) is 16.0 Å². The van der Waals surface area contributed by atoms with Crippen LogP contribution in [-0.4, -0.2) is 30.1 Å². The van der Waals surface area contributed by atoms with E-state index in [-0.39, 0.29) is 5.91 Å². The highest BCUT2D eigenvalue weighted by Crippen LogP contribution is 2.19. The first-order valence-corrected chi connectivity index (χ1v) is 7.76. The monoisotopic (exact) mass is 286 g/mol. The Bertz CT molecular complexity index is 600. The summed E-state index contributed by atoms with van der Waals surface area (Å²) in [7, 11) is 0. The molecule has 0 bridgehead atoms. The number of aromatic nitrogens is 1. The van der Waals surface area contributed by atoms with E-state index in [0.717, 1.165) is 44.4 Å². The molecule has 0 saturated carbocycles. The van der Waals surface area contributed by atoms with E-state index in [2.05, 4.69) is 22.4 Å². The molecular weight excluding hydrogens is 264 g/mol. The molecule has 1 aromatic heterocycles. The number of rotatable bonds is 6. The van der Waals surface area contributed by atoms with Crippen molar-refractivity contribution in [3.8, 4) is 0 Å². The molecule has 0 spiro atoms. The minimum absolute atomic E-state index is 0.123. The molecule has 2 heterocycles. The van der Waals surface area contributed by atoms with Crippen LogP contribution in [0.3, 0.4) is 0 Å². The van der Waals surface area contributed by atoms with Crippen molar-refractivity contribution in [2.45, 2.75) is 38.2 Å².